The third-order valence-electron chi connectivity index (χ3n) is 0.744. The van der Waals surface area contributed by atoms with Crippen LogP contribution in [0.2, 0.25) is 0 Å². The van der Waals surface area contributed by atoms with E-state index in [1.807, 2.05) is 0 Å². The molecule has 0 heterocycles. The second-order valence-corrected chi connectivity index (χ2v) is 1.49. The highest BCUT2D eigenvalue weighted by Crippen LogP contribution is 1.83. The summed E-state index contributed by atoms with van der Waals surface area (Å²) in [5.41, 5.74) is 0. The minimum atomic E-state index is -0.986. The van der Waals surface area contributed by atoms with Gasteiger partial charge in [0.25, 0.3) is 0 Å². The Labute approximate surface area is 43.0 Å². The van der Waals surface area contributed by atoms with Crippen molar-refractivity contribution in [2.24, 2.45) is 0 Å². The summed E-state index contributed by atoms with van der Waals surface area (Å²) in [6, 6.07) is -0.829. The van der Waals surface area contributed by atoms with Gasteiger partial charge in [0, 0.05) is 6.00 Å². The SMILES string of the molecule is BC(O)C(O)CO. The van der Waals surface area contributed by atoms with Gasteiger partial charge >= 0.3 is 0 Å². The van der Waals surface area contributed by atoms with Gasteiger partial charge in [0.05, 0.1) is 12.7 Å². The highest BCUT2D eigenvalue weighted by Gasteiger charge is 2.06. The zero-order valence-corrected chi connectivity index (χ0v) is 4.20. The lowest BCUT2D eigenvalue weighted by Crippen LogP contribution is -2.28. The summed E-state index contributed by atoms with van der Waals surface area (Å²) in [5, 5.41) is 24.9. The highest BCUT2D eigenvalue weighted by atomic mass is 16.4. The van der Waals surface area contributed by atoms with Crippen molar-refractivity contribution < 1.29 is 15.3 Å². The van der Waals surface area contributed by atoms with Gasteiger partial charge in [-0.05, 0) is 0 Å². The maximum absolute atomic E-state index is 8.44. The molecule has 0 aliphatic rings. The summed E-state index contributed by atoms with van der Waals surface area (Å²) in [6.45, 7) is -0.377. The van der Waals surface area contributed by atoms with Crippen LogP contribution in [0.5, 0.6) is 0 Å². The molecule has 0 saturated carbocycles. The zero-order valence-electron chi connectivity index (χ0n) is 4.20. The Hall–Kier alpha value is -0.0551. The van der Waals surface area contributed by atoms with E-state index in [0.29, 0.717) is 0 Å². The zero-order chi connectivity index (χ0) is 5.86. The van der Waals surface area contributed by atoms with E-state index in [0.717, 1.165) is 0 Å². The molecule has 0 rings (SSSR count). The number of aliphatic hydroxyl groups is 3. The smallest absolute Gasteiger partial charge is 0.142 e. The lowest BCUT2D eigenvalue weighted by Gasteiger charge is -2.07. The Morgan fingerprint density at radius 2 is 1.86 bits per heavy atom. The molecule has 0 radical (unpaired) electrons. The quantitative estimate of drug-likeness (QED) is 0.334. The van der Waals surface area contributed by atoms with Crippen LogP contribution in [0.4, 0.5) is 0 Å². The largest absolute Gasteiger partial charge is 0.399 e. The Kier molecular flexibility index (Phi) is 2.99. The van der Waals surface area contributed by atoms with Crippen LogP contribution in [0.3, 0.4) is 0 Å². The van der Waals surface area contributed by atoms with E-state index >= 15 is 0 Å². The van der Waals surface area contributed by atoms with Gasteiger partial charge in [-0.1, -0.05) is 0 Å². The van der Waals surface area contributed by atoms with Crippen molar-refractivity contribution in [3.8, 4) is 0 Å². The third kappa shape index (κ3) is 2.62. The standard InChI is InChI=1S/C3H9BO3/c4-3(7)2(6)1-5/h2-3,5-7H,1,4H2. The highest BCUT2D eigenvalue weighted by molar-refractivity contribution is 6.11. The van der Waals surface area contributed by atoms with E-state index in [1.54, 1.807) is 0 Å². The maximum atomic E-state index is 8.44. The van der Waals surface area contributed by atoms with E-state index in [2.05, 4.69) is 0 Å². The van der Waals surface area contributed by atoms with Gasteiger partial charge in [0.1, 0.15) is 7.85 Å². The Morgan fingerprint density at radius 3 is 1.86 bits per heavy atom. The van der Waals surface area contributed by atoms with Gasteiger partial charge in [0.15, 0.2) is 0 Å². The average molecular weight is 104 g/mol. The molecule has 0 amide bonds. The lowest BCUT2D eigenvalue weighted by atomic mass is 9.95. The molecular weight excluding hydrogens is 94.8 g/mol. The van der Waals surface area contributed by atoms with Gasteiger partial charge in [-0.15, -0.1) is 0 Å². The second kappa shape index (κ2) is 3.01. The lowest BCUT2D eigenvalue weighted by molar-refractivity contribution is 0.0247. The molecule has 3 nitrogen and oxygen atoms in total. The molecule has 0 saturated heterocycles. The first kappa shape index (κ1) is 6.94. The Morgan fingerprint density at radius 1 is 1.43 bits per heavy atom. The molecule has 2 unspecified atom stereocenters. The predicted octanol–water partition coefficient (Wildman–Crippen LogP) is -2.71. The summed E-state index contributed by atoms with van der Waals surface area (Å²) < 4.78 is 0. The Bertz CT molecular complexity index is 47.4. The maximum Gasteiger partial charge on any atom is 0.142 e. The van der Waals surface area contributed by atoms with E-state index < -0.39 is 12.1 Å². The van der Waals surface area contributed by atoms with Crippen molar-refractivity contribution in [3.05, 3.63) is 0 Å². The molecule has 0 spiro atoms. The molecule has 0 aliphatic heterocycles. The molecule has 2 atom stereocenters. The molecule has 42 valence electrons. The van der Waals surface area contributed by atoms with Crippen LogP contribution in [-0.2, 0) is 0 Å². The Balaban J connectivity index is 3.14. The third-order valence-corrected chi connectivity index (χ3v) is 0.744. The van der Waals surface area contributed by atoms with Crippen LogP contribution in [-0.4, -0.2) is 41.9 Å². The molecule has 0 aliphatic carbocycles. The van der Waals surface area contributed by atoms with Crippen molar-refractivity contribution in [1.29, 1.82) is 0 Å². The molecular formula is C3H9BO3. The number of aliphatic hydroxyl groups excluding tert-OH is 3. The van der Waals surface area contributed by atoms with Crippen molar-refractivity contribution in [2.75, 3.05) is 6.61 Å². The molecule has 0 aromatic rings. The van der Waals surface area contributed by atoms with Crippen molar-refractivity contribution in [3.63, 3.8) is 0 Å². The molecule has 3 N–H and O–H groups in total. The monoisotopic (exact) mass is 104 g/mol. The molecule has 4 heteroatoms. The van der Waals surface area contributed by atoms with Crippen LogP contribution in [0.1, 0.15) is 0 Å². The van der Waals surface area contributed by atoms with Crippen LogP contribution < -0.4 is 0 Å². The minimum absolute atomic E-state index is 0.377. The van der Waals surface area contributed by atoms with Crippen LogP contribution in [0, 0.1) is 0 Å². The normalized spacial score (nSPS) is 18.7. The van der Waals surface area contributed by atoms with Gasteiger partial charge in [0.2, 0.25) is 0 Å². The molecule has 0 fully saturated rings. The summed E-state index contributed by atoms with van der Waals surface area (Å²) >= 11 is 0. The number of hydrogen-bond donors (Lipinski definition) is 3. The van der Waals surface area contributed by atoms with E-state index in [1.165, 1.54) is 7.85 Å². The van der Waals surface area contributed by atoms with E-state index in [4.69, 9.17) is 15.3 Å². The van der Waals surface area contributed by atoms with Gasteiger partial charge in [-0.3, -0.25) is 0 Å². The summed E-state index contributed by atoms with van der Waals surface area (Å²) in [4.78, 5) is 0. The first-order chi connectivity index (χ1) is 3.18. The second-order valence-electron chi connectivity index (χ2n) is 1.49. The minimum Gasteiger partial charge on any atom is -0.399 e. The topological polar surface area (TPSA) is 60.7 Å². The van der Waals surface area contributed by atoms with E-state index in [9.17, 15) is 0 Å². The fourth-order valence-electron chi connectivity index (χ4n) is 0.153. The fraction of sp³-hybridized carbons (Fsp3) is 1.00. The van der Waals surface area contributed by atoms with E-state index in [-0.39, 0.29) is 6.61 Å². The van der Waals surface area contributed by atoms with Crippen LogP contribution in [0.15, 0.2) is 0 Å². The van der Waals surface area contributed by atoms with Gasteiger partial charge < -0.3 is 15.3 Å². The molecule has 0 aromatic carbocycles. The van der Waals surface area contributed by atoms with Crippen molar-refractivity contribution >= 4 is 7.85 Å². The fourth-order valence-corrected chi connectivity index (χ4v) is 0.153. The predicted molar refractivity (Wildman–Crippen MR) is 27.6 cm³/mol. The van der Waals surface area contributed by atoms with Gasteiger partial charge in [-0.2, -0.15) is 0 Å². The van der Waals surface area contributed by atoms with Gasteiger partial charge in [-0.25, -0.2) is 0 Å². The van der Waals surface area contributed by atoms with Crippen molar-refractivity contribution in [2.45, 2.75) is 12.1 Å². The average Bonchev–Trinajstić information content (AvgIpc) is 1.65. The van der Waals surface area contributed by atoms with Crippen molar-refractivity contribution in [1.82, 2.24) is 0 Å². The number of hydrogen-bond acceptors (Lipinski definition) is 3. The molecule has 7 heavy (non-hydrogen) atoms. The van der Waals surface area contributed by atoms with Crippen LogP contribution in [0.25, 0.3) is 0 Å². The first-order valence-electron chi connectivity index (χ1n) is 2.15. The number of rotatable bonds is 2. The summed E-state index contributed by atoms with van der Waals surface area (Å²) in [6.07, 6.45) is -0.986. The first-order valence-corrected chi connectivity index (χ1v) is 2.15. The summed E-state index contributed by atoms with van der Waals surface area (Å²) in [7, 11) is 1.42. The van der Waals surface area contributed by atoms with Crippen LogP contribution >= 0.6 is 0 Å². The molecule has 0 bridgehead atoms. The molecule has 0 aromatic heterocycles. The summed E-state index contributed by atoms with van der Waals surface area (Å²) in [5.74, 6) is 0.